The lowest BCUT2D eigenvalue weighted by Gasteiger charge is -2.04. The summed E-state index contributed by atoms with van der Waals surface area (Å²) < 4.78 is 37.2. The molecule has 2 N–H and O–H groups in total. The van der Waals surface area contributed by atoms with Gasteiger partial charge in [0.1, 0.15) is 5.65 Å². The number of rotatable bonds is 2. The van der Waals surface area contributed by atoms with Crippen LogP contribution in [0.4, 0.5) is 13.2 Å². The van der Waals surface area contributed by atoms with E-state index in [0.717, 1.165) is 18.0 Å². The molecule has 0 spiro atoms. The van der Waals surface area contributed by atoms with E-state index in [2.05, 4.69) is 15.3 Å². The second-order valence-electron chi connectivity index (χ2n) is 3.48. The molecule has 6 heteroatoms. The van der Waals surface area contributed by atoms with Gasteiger partial charge in [0.05, 0.1) is 5.56 Å². The van der Waals surface area contributed by atoms with E-state index >= 15 is 0 Å². The van der Waals surface area contributed by atoms with E-state index in [9.17, 15) is 13.2 Å². The highest BCUT2D eigenvalue weighted by Crippen LogP contribution is 2.30. The number of nitrogens with one attached hydrogen (secondary N) is 2. The largest absolute Gasteiger partial charge is 0.417 e. The molecule has 0 aliphatic rings. The van der Waals surface area contributed by atoms with Crippen molar-refractivity contribution in [1.29, 1.82) is 0 Å². The highest BCUT2D eigenvalue weighted by Gasteiger charge is 2.31. The van der Waals surface area contributed by atoms with Crippen LogP contribution in [-0.2, 0) is 12.7 Å². The van der Waals surface area contributed by atoms with Crippen LogP contribution in [0.3, 0.4) is 0 Å². The Morgan fingerprint density at radius 1 is 1.38 bits per heavy atom. The molecule has 0 radical (unpaired) electrons. The molecule has 0 saturated heterocycles. The number of hydrogen-bond acceptors (Lipinski definition) is 2. The molecule has 2 heterocycles. The summed E-state index contributed by atoms with van der Waals surface area (Å²) in [7, 11) is 1.76. The first-order valence-corrected chi connectivity index (χ1v) is 4.70. The minimum absolute atomic E-state index is 0.471. The van der Waals surface area contributed by atoms with Crippen LogP contribution < -0.4 is 5.32 Å². The fourth-order valence-corrected chi connectivity index (χ4v) is 1.51. The highest BCUT2D eigenvalue weighted by atomic mass is 19.4. The van der Waals surface area contributed by atoms with E-state index in [1.807, 2.05) is 0 Å². The Balaban J connectivity index is 2.46. The summed E-state index contributed by atoms with van der Waals surface area (Å²) in [6.45, 7) is 0.567. The van der Waals surface area contributed by atoms with Crippen molar-refractivity contribution in [2.75, 3.05) is 7.05 Å². The molecule has 2 aromatic heterocycles. The predicted octanol–water partition coefficient (Wildman–Crippen LogP) is 2.30. The Morgan fingerprint density at radius 3 is 2.75 bits per heavy atom. The second kappa shape index (κ2) is 3.79. The zero-order chi connectivity index (χ0) is 11.8. The van der Waals surface area contributed by atoms with E-state index in [0.29, 0.717) is 17.6 Å². The lowest BCUT2D eigenvalue weighted by molar-refractivity contribution is -0.137. The average molecular weight is 229 g/mol. The van der Waals surface area contributed by atoms with Gasteiger partial charge in [0.2, 0.25) is 0 Å². The van der Waals surface area contributed by atoms with Gasteiger partial charge in [-0.3, -0.25) is 0 Å². The Morgan fingerprint density at radius 2 is 2.12 bits per heavy atom. The molecule has 0 fully saturated rings. The molecule has 0 saturated carbocycles. The van der Waals surface area contributed by atoms with Crippen molar-refractivity contribution >= 4 is 11.0 Å². The van der Waals surface area contributed by atoms with Gasteiger partial charge in [0, 0.05) is 23.8 Å². The van der Waals surface area contributed by atoms with E-state index in [1.54, 1.807) is 13.1 Å². The van der Waals surface area contributed by atoms with Gasteiger partial charge in [0.25, 0.3) is 0 Å². The number of halogens is 3. The first kappa shape index (κ1) is 10.9. The number of nitrogens with zero attached hydrogens (tertiary/aromatic N) is 1. The smallest absolute Gasteiger partial charge is 0.342 e. The minimum Gasteiger partial charge on any atom is -0.342 e. The normalized spacial score (nSPS) is 12.2. The third kappa shape index (κ3) is 2.01. The highest BCUT2D eigenvalue weighted by molar-refractivity contribution is 5.77. The summed E-state index contributed by atoms with van der Waals surface area (Å²) in [6.07, 6.45) is -3.51. The second-order valence-corrected chi connectivity index (χ2v) is 3.48. The van der Waals surface area contributed by atoms with Crippen LogP contribution in [0.1, 0.15) is 11.3 Å². The van der Waals surface area contributed by atoms with E-state index < -0.39 is 11.7 Å². The van der Waals surface area contributed by atoms with E-state index in [-0.39, 0.29) is 0 Å². The Labute approximate surface area is 89.7 Å². The summed E-state index contributed by atoms with van der Waals surface area (Å²) >= 11 is 0. The SMILES string of the molecule is CNCc1cc2cc(C(F)(F)F)cnc2[nH]1. The molecule has 2 aromatic rings. The maximum absolute atomic E-state index is 12.4. The van der Waals surface area contributed by atoms with Gasteiger partial charge in [-0.1, -0.05) is 0 Å². The third-order valence-corrected chi connectivity index (χ3v) is 2.22. The maximum atomic E-state index is 12.4. The van der Waals surface area contributed by atoms with Crippen molar-refractivity contribution in [2.24, 2.45) is 0 Å². The van der Waals surface area contributed by atoms with Crippen LogP contribution in [0, 0.1) is 0 Å². The molecular formula is C10H10F3N3. The summed E-state index contributed by atoms with van der Waals surface area (Å²) in [5.41, 5.74) is 0.553. The minimum atomic E-state index is -4.35. The quantitative estimate of drug-likeness (QED) is 0.829. The number of aromatic amines is 1. The Kier molecular flexibility index (Phi) is 2.59. The molecule has 2 rings (SSSR count). The first-order valence-electron chi connectivity index (χ1n) is 4.70. The molecule has 86 valence electrons. The van der Waals surface area contributed by atoms with Gasteiger partial charge in [-0.25, -0.2) is 4.98 Å². The zero-order valence-corrected chi connectivity index (χ0v) is 8.52. The van der Waals surface area contributed by atoms with Crippen molar-refractivity contribution in [1.82, 2.24) is 15.3 Å². The Hall–Kier alpha value is -1.56. The fourth-order valence-electron chi connectivity index (χ4n) is 1.51. The number of H-pyrrole nitrogens is 1. The van der Waals surface area contributed by atoms with Crippen LogP contribution in [0.2, 0.25) is 0 Å². The van der Waals surface area contributed by atoms with Crippen LogP contribution in [0.5, 0.6) is 0 Å². The molecule has 3 nitrogen and oxygen atoms in total. The average Bonchev–Trinajstić information content (AvgIpc) is 2.57. The molecule has 0 atom stereocenters. The Bertz CT molecular complexity index is 501. The molecular weight excluding hydrogens is 219 g/mol. The molecule has 16 heavy (non-hydrogen) atoms. The van der Waals surface area contributed by atoms with Gasteiger partial charge in [-0.2, -0.15) is 13.2 Å². The molecule has 0 unspecified atom stereocenters. The predicted molar refractivity (Wildman–Crippen MR) is 53.9 cm³/mol. The van der Waals surface area contributed by atoms with Crippen molar-refractivity contribution in [3.05, 3.63) is 29.6 Å². The molecule has 0 aliphatic carbocycles. The van der Waals surface area contributed by atoms with Gasteiger partial charge in [-0.05, 0) is 19.2 Å². The number of alkyl halides is 3. The number of aromatic nitrogens is 2. The number of pyridine rings is 1. The standard InChI is InChI=1S/C10H10F3N3/c1-14-5-8-3-6-2-7(10(11,12)13)4-15-9(6)16-8/h2-4,14H,5H2,1H3,(H,15,16). The summed E-state index contributed by atoms with van der Waals surface area (Å²) in [5, 5.41) is 3.38. The van der Waals surface area contributed by atoms with Gasteiger partial charge < -0.3 is 10.3 Å². The van der Waals surface area contributed by atoms with E-state index in [4.69, 9.17) is 0 Å². The van der Waals surface area contributed by atoms with Crippen LogP contribution in [0.15, 0.2) is 18.3 Å². The van der Waals surface area contributed by atoms with Gasteiger partial charge in [0.15, 0.2) is 0 Å². The molecule has 0 aliphatic heterocycles. The monoisotopic (exact) mass is 229 g/mol. The van der Waals surface area contributed by atoms with Gasteiger partial charge in [-0.15, -0.1) is 0 Å². The summed E-state index contributed by atoms with van der Waals surface area (Å²) in [6, 6.07) is 2.76. The molecule has 0 aromatic carbocycles. The topological polar surface area (TPSA) is 40.7 Å². The van der Waals surface area contributed by atoms with Crippen molar-refractivity contribution in [3.63, 3.8) is 0 Å². The zero-order valence-electron chi connectivity index (χ0n) is 8.52. The fraction of sp³-hybridized carbons (Fsp3) is 0.300. The maximum Gasteiger partial charge on any atom is 0.417 e. The van der Waals surface area contributed by atoms with Crippen molar-refractivity contribution in [3.8, 4) is 0 Å². The summed E-state index contributed by atoms with van der Waals surface area (Å²) in [4.78, 5) is 6.68. The van der Waals surface area contributed by atoms with Crippen molar-refractivity contribution < 1.29 is 13.2 Å². The van der Waals surface area contributed by atoms with Crippen LogP contribution in [-0.4, -0.2) is 17.0 Å². The number of hydrogen-bond donors (Lipinski definition) is 2. The van der Waals surface area contributed by atoms with Crippen LogP contribution >= 0.6 is 0 Å². The lowest BCUT2D eigenvalue weighted by Crippen LogP contribution is -2.05. The first-order chi connectivity index (χ1) is 7.50. The number of fused-ring (bicyclic) bond motifs is 1. The summed E-state index contributed by atoms with van der Waals surface area (Å²) in [5.74, 6) is 0. The lowest BCUT2D eigenvalue weighted by atomic mass is 10.2. The molecule has 0 bridgehead atoms. The van der Waals surface area contributed by atoms with Gasteiger partial charge >= 0.3 is 6.18 Å². The molecule has 0 amide bonds. The van der Waals surface area contributed by atoms with E-state index in [1.165, 1.54) is 0 Å². The van der Waals surface area contributed by atoms with Crippen molar-refractivity contribution in [2.45, 2.75) is 12.7 Å². The van der Waals surface area contributed by atoms with Crippen LogP contribution in [0.25, 0.3) is 11.0 Å². The third-order valence-electron chi connectivity index (χ3n) is 2.22.